The molecule has 1 N–H and O–H groups in total. The highest BCUT2D eigenvalue weighted by molar-refractivity contribution is 6.01. The highest BCUT2D eigenvalue weighted by Gasteiger charge is 2.32. The minimum absolute atomic E-state index is 0.0128. The van der Waals surface area contributed by atoms with Crippen LogP contribution in [0.15, 0.2) is 18.2 Å². The van der Waals surface area contributed by atoms with Crippen molar-refractivity contribution in [3.05, 3.63) is 29.6 Å². The molecule has 1 fully saturated rings. The van der Waals surface area contributed by atoms with Gasteiger partial charge in [0, 0.05) is 12.6 Å². The second-order valence-electron chi connectivity index (χ2n) is 4.72. The zero-order valence-electron chi connectivity index (χ0n) is 9.58. The van der Waals surface area contributed by atoms with Gasteiger partial charge in [0.25, 0.3) is 0 Å². The summed E-state index contributed by atoms with van der Waals surface area (Å²) in [5.41, 5.74) is 1.30. The van der Waals surface area contributed by atoms with Crippen LogP contribution in [0.2, 0.25) is 0 Å². The number of carbonyl (C=O) groups excluding carboxylic acids is 1. The van der Waals surface area contributed by atoms with Crippen molar-refractivity contribution in [1.29, 1.82) is 0 Å². The molecule has 0 aromatic heterocycles. The van der Waals surface area contributed by atoms with E-state index < -0.39 is 0 Å². The number of anilines is 1. The van der Waals surface area contributed by atoms with E-state index in [-0.39, 0.29) is 11.7 Å². The first-order valence-electron chi connectivity index (χ1n) is 6.07. The van der Waals surface area contributed by atoms with Gasteiger partial charge in [-0.3, -0.25) is 4.79 Å². The lowest BCUT2D eigenvalue weighted by Crippen LogP contribution is -2.39. The molecule has 0 saturated carbocycles. The molecule has 0 radical (unpaired) electrons. The van der Waals surface area contributed by atoms with E-state index in [9.17, 15) is 9.18 Å². The molecular formula is C13H15FN2O. The van der Waals surface area contributed by atoms with Crippen LogP contribution in [0.3, 0.4) is 0 Å². The SMILES string of the molecule is O=C1Cc2cccc(F)c2N1CC1CCCN1. The number of fused-ring (bicyclic) bond motifs is 1. The van der Waals surface area contributed by atoms with E-state index in [1.54, 1.807) is 11.0 Å². The van der Waals surface area contributed by atoms with E-state index in [0.717, 1.165) is 24.9 Å². The zero-order valence-corrected chi connectivity index (χ0v) is 9.58. The average Bonchev–Trinajstić information content (AvgIpc) is 2.89. The van der Waals surface area contributed by atoms with Crippen molar-refractivity contribution in [3.8, 4) is 0 Å². The average molecular weight is 234 g/mol. The summed E-state index contributed by atoms with van der Waals surface area (Å²) in [6, 6.07) is 5.23. The molecule has 1 unspecified atom stereocenters. The topological polar surface area (TPSA) is 32.3 Å². The third-order valence-corrected chi connectivity index (χ3v) is 3.55. The molecule has 1 amide bonds. The Kier molecular flexibility index (Phi) is 2.59. The number of hydrogen-bond donors (Lipinski definition) is 1. The molecule has 0 bridgehead atoms. The Hall–Kier alpha value is -1.42. The number of para-hydroxylation sites is 1. The molecule has 3 nitrogen and oxygen atoms in total. The maximum absolute atomic E-state index is 13.8. The van der Waals surface area contributed by atoms with E-state index >= 15 is 0 Å². The molecular weight excluding hydrogens is 219 g/mol. The smallest absolute Gasteiger partial charge is 0.231 e. The van der Waals surface area contributed by atoms with E-state index in [2.05, 4.69) is 5.32 Å². The van der Waals surface area contributed by atoms with Crippen LogP contribution < -0.4 is 10.2 Å². The Balaban J connectivity index is 1.88. The Labute approximate surface area is 99.6 Å². The van der Waals surface area contributed by atoms with Gasteiger partial charge in [-0.25, -0.2) is 4.39 Å². The lowest BCUT2D eigenvalue weighted by Gasteiger charge is -2.22. The molecule has 90 valence electrons. The van der Waals surface area contributed by atoms with E-state index in [1.807, 2.05) is 6.07 Å². The molecule has 0 spiro atoms. The Morgan fingerprint density at radius 3 is 3.12 bits per heavy atom. The van der Waals surface area contributed by atoms with Gasteiger partial charge in [-0.05, 0) is 31.0 Å². The number of rotatable bonds is 2. The number of hydrogen-bond acceptors (Lipinski definition) is 2. The first kappa shape index (κ1) is 10.7. The second kappa shape index (κ2) is 4.11. The van der Waals surface area contributed by atoms with Crippen molar-refractivity contribution in [2.24, 2.45) is 0 Å². The van der Waals surface area contributed by atoms with Gasteiger partial charge in [0.05, 0.1) is 12.1 Å². The number of carbonyl (C=O) groups is 1. The van der Waals surface area contributed by atoms with Crippen molar-refractivity contribution in [1.82, 2.24) is 5.32 Å². The standard InChI is InChI=1S/C13H15FN2O/c14-11-5-1-3-9-7-12(17)16(13(9)11)8-10-4-2-6-15-10/h1,3,5,10,15H,2,4,6-8H2. The van der Waals surface area contributed by atoms with Crippen molar-refractivity contribution >= 4 is 11.6 Å². The van der Waals surface area contributed by atoms with Gasteiger partial charge in [-0.2, -0.15) is 0 Å². The number of nitrogens with one attached hydrogen (secondary N) is 1. The van der Waals surface area contributed by atoms with Crippen LogP contribution in [0.5, 0.6) is 0 Å². The largest absolute Gasteiger partial charge is 0.312 e. The molecule has 1 atom stereocenters. The van der Waals surface area contributed by atoms with Crippen LogP contribution >= 0.6 is 0 Å². The first-order chi connectivity index (χ1) is 8.25. The molecule has 2 aliphatic rings. The predicted octanol–water partition coefficient (Wildman–Crippen LogP) is 1.47. The van der Waals surface area contributed by atoms with Gasteiger partial charge in [0.2, 0.25) is 5.91 Å². The third kappa shape index (κ3) is 1.82. The summed E-state index contributed by atoms with van der Waals surface area (Å²) in [6.45, 7) is 1.59. The summed E-state index contributed by atoms with van der Waals surface area (Å²) < 4.78 is 13.8. The molecule has 17 heavy (non-hydrogen) atoms. The maximum Gasteiger partial charge on any atom is 0.231 e. The molecule has 4 heteroatoms. The van der Waals surface area contributed by atoms with Crippen LogP contribution in [0.1, 0.15) is 18.4 Å². The molecule has 0 aliphatic carbocycles. The number of nitrogens with zero attached hydrogens (tertiary/aromatic N) is 1. The van der Waals surface area contributed by atoms with Crippen LogP contribution in [-0.2, 0) is 11.2 Å². The number of benzene rings is 1. The van der Waals surface area contributed by atoms with Crippen LogP contribution in [-0.4, -0.2) is 25.0 Å². The molecule has 3 rings (SSSR count). The van der Waals surface area contributed by atoms with Gasteiger partial charge in [0.1, 0.15) is 5.82 Å². The Morgan fingerprint density at radius 1 is 1.47 bits per heavy atom. The lowest BCUT2D eigenvalue weighted by molar-refractivity contribution is -0.117. The van der Waals surface area contributed by atoms with E-state index in [1.165, 1.54) is 6.07 Å². The maximum atomic E-state index is 13.8. The van der Waals surface area contributed by atoms with Crippen molar-refractivity contribution in [2.75, 3.05) is 18.0 Å². The first-order valence-corrected chi connectivity index (χ1v) is 6.07. The lowest BCUT2D eigenvalue weighted by atomic mass is 10.1. The summed E-state index contributed by atoms with van der Waals surface area (Å²) in [5.74, 6) is -0.273. The zero-order chi connectivity index (χ0) is 11.8. The van der Waals surface area contributed by atoms with E-state index in [0.29, 0.717) is 24.7 Å². The van der Waals surface area contributed by atoms with Gasteiger partial charge in [0.15, 0.2) is 0 Å². The minimum Gasteiger partial charge on any atom is -0.312 e. The fourth-order valence-corrected chi connectivity index (χ4v) is 2.71. The van der Waals surface area contributed by atoms with Crippen LogP contribution in [0, 0.1) is 5.82 Å². The fraction of sp³-hybridized carbons (Fsp3) is 0.462. The van der Waals surface area contributed by atoms with Crippen LogP contribution in [0.25, 0.3) is 0 Å². The van der Waals surface area contributed by atoms with Gasteiger partial charge in [-0.1, -0.05) is 12.1 Å². The Bertz CT molecular complexity index is 455. The summed E-state index contributed by atoms with van der Waals surface area (Å²) >= 11 is 0. The van der Waals surface area contributed by atoms with Gasteiger partial charge < -0.3 is 10.2 Å². The summed E-state index contributed by atoms with van der Waals surface area (Å²) in [7, 11) is 0. The third-order valence-electron chi connectivity index (χ3n) is 3.55. The predicted molar refractivity (Wildman–Crippen MR) is 63.5 cm³/mol. The molecule has 1 aromatic carbocycles. The summed E-state index contributed by atoms with van der Waals surface area (Å²) in [4.78, 5) is 13.5. The summed E-state index contributed by atoms with van der Waals surface area (Å²) in [6.07, 6.45) is 2.53. The highest BCUT2D eigenvalue weighted by Crippen LogP contribution is 2.32. The van der Waals surface area contributed by atoms with Gasteiger partial charge in [-0.15, -0.1) is 0 Å². The molecule has 1 saturated heterocycles. The second-order valence-corrected chi connectivity index (χ2v) is 4.72. The van der Waals surface area contributed by atoms with Crippen molar-refractivity contribution < 1.29 is 9.18 Å². The quantitative estimate of drug-likeness (QED) is 0.840. The minimum atomic E-state index is -0.286. The molecule has 2 heterocycles. The molecule has 2 aliphatic heterocycles. The van der Waals surface area contributed by atoms with Crippen LogP contribution in [0.4, 0.5) is 10.1 Å². The van der Waals surface area contributed by atoms with E-state index in [4.69, 9.17) is 0 Å². The summed E-state index contributed by atoms with van der Waals surface area (Å²) in [5, 5.41) is 3.34. The fourth-order valence-electron chi connectivity index (χ4n) is 2.71. The normalized spacial score (nSPS) is 23.2. The molecule has 1 aromatic rings. The van der Waals surface area contributed by atoms with Gasteiger partial charge >= 0.3 is 0 Å². The van der Waals surface area contributed by atoms with Crippen molar-refractivity contribution in [3.63, 3.8) is 0 Å². The highest BCUT2D eigenvalue weighted by atomic mass is 19.1. The number of halogens is 1. The van der Waals surface area contributed by atoms with Crippen molar-refractivity contribution in [2.45, 2.75) is 25.3 Å². The Morgan fingerprint density at radius 2 is 2.35 bits per heavy atom. The number of amides is 1. The monoisotopic (exact) mass is 234 g/mol.